The highest BCUT2D eigenvalue weighted by Gasteiger charge is 2.20. The molecule has 0 aromatic carbocycles. The zero-order chi connectivity index (χ0) is 5.28. The molecule has 2 radical (unpaired) electrons. The van der Waals surface area contributed by atoms with Gasteiger partial charge in [-0.15, -0.1) is 0 Å². The molecule has 0 N–H and O–H groups in total. The van der Waals surface area contributed by atoms with Crippen molar-refractivity contribution in [1.82, 2.24) is 0 Å². The SMILES string of the molecule is [B]C1=C([N+]#C)CC1. The van der Waals surface area contributed by atoms with Crippen molar-refractivity contribution in [2.75, 3.05) is 0 Å². The van der Waals surface area contributed by atoms with E-state index in [0.717, 1.165) is 24.0 Å². The summed E-state index contributed by atoms with van der Waals surface area (Å²) in [5.41, 5.74) is 1.72. The molecule has 0 saturated carbocycles. The van der Waals surface area contributed by atoms with Gasteiger partial charge in [0.15, 0.2) is 0 Å². The molecule has 1 aliphatic rings. The molecule has 0 aromatic rings. The maximum Gasteiger partial charge on any atom is 0.306 e. The van der Waals surface area contributed by atoms with Gasteiger partial charge >= 0.3 is 5.70 Å². The molecule has 0 atom stereocenters. The highest BCUT2D eigenvalue weighted by atomic mass is 14.7. The van der Waals surface area contributed by atoms with E-state index >= 15 is 0 Å². The van der Waals surface area contributed by atoms with Crippen LogP contribution in [0.5, 0.6) is 0 Å². The Balaban J connectivity index is 2.76. The summed E-state index contributed by atoms with van der Waals surface area (Å²) >= 11 is 0. The molecule has 0 heterocycles. The third kappa shape index (κ3) is 0.542. The van der Waals surface area contributed by atoms with E-state index in [0.29, 0.717) is 0 Å². The Hall–Kier alpha value is -0.705. The highest BCUT2D eigenvalue weighted by Crippen LogP contribution is 2.25. The third-order valence-electron chi connectivity index (χ3n) is 1.16. The molecule has 0 saturated heterocycles. The maximum absolute atomic E-state index is 5.34. The van der Waals surface area contributed by atoms with Gasteiger partial charge in [0, 0.05) is 0 Å². The molecule has 1 nitrogen and oxygen atoms in total. The zero-order valence-electron chi connectivity index (χ0n) is 4.02. The zero-order valence-corrected chi connectivity index (χ0v) is 4.02. The number of hydrogen-bond donors (Lipinski definition) is 0. The van der Waals surface area contributed by atoms with Crippen LogP contribution < -0.4 is 0 Å². The van der Waals surface area contributed by atoms with E-state index in [1.165, 1.54) is 0 Å². The van der Waals surface area contributed by atoms with E-state index in [1.54, 1.807) is 0 Å². The van der Waals surface area contributed by atoms with Crippen LogP contribution in [0.3, 0.4) is 0 Å². The summed E-state index contributed by atoms with van der Waals surface area (Å²) in [6.07, 6.45) is 1.93. The van der Waals surface area contributed by atoms with Crippen molar-refractivity contribution < 1.29 is 0 Å². The second-order valence-electron chi connectivity index (χ2n) is 1.60. The normalized spacial score (nSPS) is 18.1. The molecule has 0 fully saturated rings. The van der Waals surface area contributed by atoms with E-state index in [9.17, 15) is 0 Å². The summed E-state index contributed by atoms with van der Waals surface area (Å²) in [4.78, 5) is 3.43. The van der Waals surface area contributed by atoms with Gasteiger partial charge in [-0.3, -0.25) is 0 Å². The average molecular weight is 89.9 g/mol. The van der Waals surface area contributed by atoms with Crippen molar-refractivity contribution in [3.8, 4) is 6.57 Å². The minimum absolute atomic E-state index is 0.850. The molecule has 32 valence electrons. The Labute approximate surface area is 44.3 Å². The van der Waals surface area contributed by atoms with Crippen LogP contribution in [0.2, 0.25) is 0 Å². The smallest absolute Gasteiger partial charge is 0.0449 e. The predicted octanol–water partition coefficient (Wildman–Crippen LogP) is 1.12. The van der Waals surface area contributed by atoms with E-state index in [2.05, 4.69) is 4.85 Å². The molecule has 1 rings (SSSR count). The van der Waals surface area contributed by atoms with Crippen LogP contribution in [0.25, 0.3) is 4.85 Å². The van der Waals surface area contributed by atoms with Gasteiger partial charge in [0.2, 0.25) is 0 Å². The van der Waals surface area contributed by atoms with Crippen LogP contribution in [0.1, 0.15) is 12.8 Å². The molecule has 0 spiro atoms. The van der Waals surface area contributed by atoms with Crippen molar-refractivity contribution in [2.24, 2.45) is 0 Å². The van der Waals surface area contributed by atoms with E-state index in [4.69, 9.17) is 14.4 Å². The molecular formula is C5H5BN+. The van der Waals surface area contributed by atoms with Gasteiger partial charge in [0.1, 0.15) is 7.85 Å². The summed E-state index contributed by atoms with van der Waals surface area (Å²) in [5, 5.41) is 0. The number of allylic oxidation sites excluding steroid dienone is 2. The van der Waals surface area contributed by atoms with Crippen molar-refractivity contribution in [3.63, 3.8) is 0 Å². The van der Waals surface area contributed by atoms with Crippen LogP contribution in [0.4, 0.5) is 0 Å². The van der Waals surface area contributed by atoms with Gasteiger partial charge in [0.05, 0.1) is 6.42 Å². The molecule has 0 bridgehead atoms. The Morgan fingerprint density at radius 1 is 1.57 bits per heavy atom. The summed E-state index contributed by atoms with van der Waals surface area (Å²) in [6.45, 7) is 4.91. The lowest BCUT2D eigenvalue weighted by atomic mass is 9.80. The molecule has 2 heteroatoms. The second kappa shape index (κ2) is 1.42. The maximum atomic E-state index is 5.34. The summed E-state index contributed by atoms with van der Waals surface area (Å²) in [7, 11) is 5.34. The largest absolute Gasteiger partial charge is 0.306 e. The first-order valence-corrected chi connectivity index (χ1v) is 2.23. The van der Waals surface area contributed by atoms with E-state index < -0.39 is 0 Å². The lowest BCUT2D eigenvalue weighted by molar-refractivity contribution is 0.882. The van der Waals surface area contributed by atoms with Crippen LogP contribution in [0.15, 0.2) is 11.2 Å². The van der Waals surface area contributed by atoms with Crippen molar-refractivity contribution >= 4 is 7.85 Å². The minimum atomic E-state index is 0.850. The molecule has 0 unspecified atom stereocenters. The van der Waals surface area contributed by atoms with Crippen LogP contribution in [-0.2, 0) is 0 Å². The fourth-order valence-corrected chi connectivity index (χ4v) is 0.529. The monoisotopic (exact) mass is 90.1 g/mol. The Kier molecular flexibility index (Phi) is 0.903. The van der Waals surface area contributed by atoms with Crippen LogP contribution in [-0.4, -0.2) is 7.85 Å². The minimum Gasteiger partial charge on any atom is -0.0449 e. The molecule has 0 aromatic heterocycles. The Bertz CT molecular complexity index is 152. The van der Waals surface area contributed by atoms with Crippen LogP contribution >= 0.6 is 0 Å². The average Bonchev–Trinajstić information content (AvgIpc) is 1.65. The van der Waals surface area contributed by atoms with Crippen molar-refractivity contribution in [2.45, 2.75) is 12.8 Å². The lowest BCUT2D eigenvalue weighted by Crippen LogP contribution is -1.99. The first-order valence-electron chi connectivity index (χ1n) is 2.23. The van der Waals surface area contributed by atoms with Gasteiger partial charge in [0.25, 0.3) is 6.57 Å². The first-order chi connectivity index (χ1) is 3.34. The van der Waals surface area contributed by atoms with Gasteiger partial charge in [-0.1, -0.05) is 0 Å². The molecular weight excluding hydrogens is 84.9 g/mol. The summed E-state index contributed by atoms with van der Waals surface area (Å²) < 4.78 is 0. The number of rotatable bonds is 0. The van der Waals surface area contributed by atoms with E-state index in [1.807, 2.05) is 0 Å². The predicted molar refractivity (Wildman–Crippen MR) is 30.3 cm³/mol. The Morgan fingerprint density at radius 2 is 2.29 bits per heavy atom. The van der Waals surface area contributed by atoms with Gasteiger partial charge in [-0.25, -0.2) is 0 Å². The topological polar surface area (TPSA) is 4.36 Å². The van der Waals surface area contributed by atoms with Gasteiger partial charge < -0.3 is 0 Å². The standard InChI is InChI=1S/C5H5BN/c1-7-5-3-2-4(5)6/h1H,2-3H2/q+1. The van der Waals surface area contributed by atoms with Gasteiger partial charge in [-0.2, -0.15) is 0 Å². The number of hydrogen-bond acceptors (Lipinski definition) is 0. The number of nitrogens with zero attached hydrogens (tertiary/aromatic N) is 1. The van der Waals surface area contributed by atoms with Crippen molar-refractivity contribution in [3.05, 3.63) is 16.0 Å². The molecule has 7 heavy (non-hydrogen) atoms. The first kappa shape index (κ1) is 4.45. The van der Waals surface area contributed by atoms with Crippen molar-refractivity contribution in [1.29, 1.82) is 0 Å². The lowest BCUT2D eigenvalue weighted by Gasteiger charge is -2.03. The Morgan fingerprint density at radius 3 is 2.29 bits per heavy atom. The molecule has 0 amide bonds. The van der Waals surface area contributed by atoms with E-state index in [-0.39, 0.29) is 0 Å². The molecule has 1 aliphatic carbocycles. The second-order valence-corrected chi connectivity index (χ2v) is 1.60. The van der Waals surface area contributed by atoms with Crippen LogP contribution in [0, 0.1) is 6.57 Å². The molecule has 0 aliphatic heterocycles. The summed E-state index contributed by atoms with van der Waals surface area (Å²) in [6, 6.07) is 0. The fraction of sp³-hybridized carbons (Fsp3) is 0.400. The highest BCUT2D eigenvalue weighted by molar-refractivity contribution is 6.23. The van der Waals surface area contributed by atoms with Gasteiger partial charge in [-0.05, 0) is 16.7 Å². The summed E-state index contributed by atoms with van der Waals surface area (Å²) in [5.74, 6) is 0. The third-order valence-corrected chi connectivity index (χ3v) is 1.16. The fourth-order valence-electron chi connectivity index (χ4n) is 0.529. The quantitative estimate of drug-likeness (QED) is 0.392.